The first-order chi connectivity index (χ1) is 12.1. The van der Waals surface area contributed by atoms with Crippen molar-refractivity contribution in [2.45, 2.75) is 6.92 Å². The molecule has 0 saturated heterocycles. The Bertz CT molecular complexity index is 824. The van der Waals surface area contributed by atoms with Gasteiger partial charge in [-0.05, 0) is 43.3 Å². The van der Waals surface area contributed by atoms with Crippen LogP contribution in [0.3, 0.4) is 0 Å². The Kier molecular flexibility index (Phi) is 6.85. The summed E-state index contributed by atoms with van der Waals surface area (Å²) in [5.74, 6) is -2.58. The van der Waals surface area contributed by atoms with Crippen LogP contribution in [0.5, 0.6) is 5.75 Å². The highest BCUT2D eigenvalue weighted by Gasteiger charge is 2.14. The van der Waals surface area contributed by atoms with Gasteiger partial charge < -0.3 is 27.4 Å². The van der Waals surface area contributed by atoms with E-state index in [1.165, 1.54) is 25.1 Å². The molecule has 0 bridgehead atoms. The van der Waals surface area contributed by atoms with E-state index in [1.807, 2.05) is 0 Å². The molecule has 9 heteroatoms. The minimum Gasteiger partial charge on any atom is -0.506 e. The molecule has 0 atom stereocenters. The van der Waals surface area contributed by atoms with Gasteiger partial charge in [0.05, 0.1) is 11.3 Å². The molecule has 0 radical (unpaired) electrons. The SMILES string of the molecule is CC(=O)c1cccc(C(=O)O)c1O.NC(=O)c1ccc(N=C(N)N)cc1. The molecule has 8 N–H and O–H groups in total. The Labute approximate surface area is 148 Å². The highest BCUT2D eigenvalue weighted by Crippen LogP contribution is 2.22. The quantitative estimate of drug-likeness (QED) is 0.306. The highest BCUT2D eigenvalue weighted by atomic mass is 16.4. The number of amides is 1. The second-order valence-corrected chi connectivity index (χ2v) is 5.01. The van der Waals surface area contributed by atoms with Crippen LogP contribution in [0, 0.1) is 0 Å². The van der Waals surface area contributed by atoms with Crippen molar-refractivity contribution in [1.29, 1.82) is 0 Å². The Hall–Kier alpha value is -3.88. The topological polar surface area (TPSA) is 182 Å². The Morgan fingerprint density at radius 2 is 1.46 bits per heavy atom. The molecular weight excluding hydrogens is 340 g/mol. The lowest BCUT2D eigenvalue weighted by Crippen LogP contribution is -2.21. The van der Waals surface area contributed by atoms with E-state index in [-0.39, 0.29) is 22.9 Å². The molecule has 9 nitrogen and oxygen atoms in total. The maximum Gasteiger partial charge on any atom is 0.339 e. The molecule has 0 aliphatic rings. The summed E-state index contributed by atoms with van der Waals surface area (Å²) in [7, 11) is 0. The van der Waals surface area contributed by atoms with Crippen LogP contribution >= 0.6 is 0 Å². The van der Waals surface area contributed by atoms with Crippen LogP contribution in [-0.4, -0.2) is 33.8 Å². The minimum absolute atomic E-state index is 0.0215. The van der Waals surface area contributed by atoms with Gasteiger partial charge in [-0.2, -0.15) is 0 Å². The average Bonchev–Trinajstić information content (AvgIpc) is 2.55. The van der Waals surface area contributed by atoms with E-state index in [1.54, 1.807) is 24.3 Å². The number of aromatic hydroxyl groups is 1. The second-order valence-electron chi connectivity index (χ2n) is 5.01. The molecule has 0 spiro atoms. The number of nitrogens with zero attached hydrogens (tertiary/aromatic N) is 1. The van der Waals surface area contributed by atoms with Crippen molar-refractivity contribution >= 4 is 29.3 Å². The normalized spacial score (nSPS) is 9.42. The van der Waals surface area contributed by atoms with Gasteiger partial charge in [-0.3, -0.25) is 9.59 Å². The molecule has 2 aromatic rings. The maximum absolute atomic E-state index is 10.9. The van der Waals surface area contributed by atoms with E-state index in [0.717, 1.165) is 0 Å². The number of phenols is 1. The van der Waals surface area contributed by atoms with Gasteiger partial charge in [-0.15, -0.1) is 0 Å². The Balaban J connectivity index is 0.000000260. The van der Waals surface area contributed by atoms with Crippen molar-refractivity contribution in [1.82, 2.24) is 0 Å². The number of hydrogen-bond acceptors (Lipinski definition) is 5. The summed E-state index contributed by atoms with van der Waals surface area (Å²) in [6.45, 7) is 1.26. The third-order valence-corrected chi connectivity index (χ3v) is 3.06. The molecule has 0 aliphatic heterocycles. The number of carbonyl (C=O) groups excluding carboxylic acids is 2. The van der Waals surface area contributed by atoms with Gasteiger partial charge in [0.2, 0.25) is 5.91 Å². The zero-order valence-corrected chi connectivity index (χ0v) is 13.8. The molecule has 0 unspecified atom stereocenters. The zero-order chi connectivity index (χ0) is 19.9. The van der Waals surface area contributed by atoms with Crippen molar-refractivity contribution in [3.8, 4) is 5.75 Å². The molecule has 0 fully saturated rings. The number of para-hydroxylation sites is 1. The number of rotatable bonds is 4. The number of Topliss-reactive ketones (excluding diaryl/α,β-unsaturated/α-hetero) is 1. The monoisotopic (exact) mass is 358 g/mol. The first-order valence-electron chi connectivity index (χ1n) is 7.19. The number of primary amides is 1. The molecule has 2 aromatic carbocycles. The first-order valence-corrected chi connectivity index (χ1v) is 7.19. The van der Waals surface area contributed by atoms with Crippen molar-refractivity contribution in [2.75, 3.05) is 0 Å². The van der Waals surface area contributed by atoms with E-state index in [2.05, 4.69) is 4.99 Å². The summed E-state index contributed by atoms with van der Waals surface area (Å²) < 4.78 is 0. The third-order valence-electron chi connectivity index (χ3n) is 3.06. The van der Waals surface area contributed by atoms with Crippen LogP contribution in [0.2, 0.25) is 0 Å². The predicted molar refractivity (Wildman–Crippen MR) is 95.5 cm³/mol. The maximum atomic E-state index is 10.9. The Morgan fingerprint density at radius 3 is 1.88 bits per heavy atom. The van der Waals surface area contributed by atoms with Crippen LogP contribution in [-0.2, 0) is 0 Å². The number of nitrogens with two attached hydrogens (primary N) is 3. The standard InChI is InChI=1S/C9H8O4.C8H10N4O/c1-5(10)6-3-2-4-7(8(6)11)9(12)13;9-7(13)5-1-3-6(4-2-5)12-8(10)11/h2-4,11H,1H3,(H,12,13);1-4H,(H2,9,13)(H4,10,11,12). The lowest BCUT2D eigenvalue weighted by Gasteiger charge is -2.02. The van der Waals surface area contributed by atoms with Gasteiger partial charge in [0.1, 0.15) is 11.3 Å². The van der Waals surface area contributed by atoms with Crippen LogP contribution in [0.15, 0.2) is 47.5 Å². The molecule has 0 saturated carbocycles. The smallest absolute Gasteiger partial charge is 0.339 e. The van der Waals surface area contributed by atoms with Gasteiger partial charge >= 0.3 is 5.97 Å². The van der Waals surface area contributed by atoms with E-state index in [9.17, 15) is 19.5 Å². The van der Waals surface area contributed by atoms with Crippen LogP contribution in [0.4, 0.5) is 5.69 Å². The van der Waals surface area contributed by atoms with Gasteiger partial charge in [-0.1, -0.05) is 6.07 Å². The minimum atomic E-state index is -1.25. The number of aliphatic imine (C=N–C) groups is 1. The molecular formula is C17H18N4O5. The van der Waals surface area contributed by atoms with Crippen molar-refractivity contribution < 1.29 is 24.6 Å². The molecule has 0 heterocycles. The van der Waals surface area contributed by atoms with Crippen molar-refractivity contribution in [2.24, 2.45) is 22.2 Å². The molecule has 0 aromatic heterocycles. The fourth-order valence-corrected chi connectivity index (χ4v) is 1.85. The molecule has 26 heavy (non-hydrogen) atoms. The average molecular weight is 358 g/mol. The summed E-state index contributed by atoms with van der Waals surface area (Å²) in [4.78, 5) is 35.9. The van der Waals surface area contributed by atoms with Gasteiger partial charge in [0, 0.05) is 5.56 Å². The van der Waals surface area contributed by atoms with E-state index in [4.69, 9.17) is 22.3 Å². The molecule has 1 amide bonds. The molecule has 136 valence electrons. The van der Waals surface area contributed by atoms with E-state index < -0.39 is 17.6 Å². The number of aromatic carboxylic acids is 1. The summed E-state index contributed by atoms with van der Waals surface area (Å²) in [5.41, 5.74) is 16.1. The number of carboxylic acids is 1. The predicted octanol–water partition coefficient (Wildman–Crippen LogP) is 0.983. The fourth-order valence-electron chi connectivity index (χ4n) is 1.85. The fraction of sp³-hybridized carbons (Fsp3) is 0.0588. The third kappa shape index (κ3) is 5.64. The van der Waals surface area contributed by atoms with Crippen LogP contribution in [0.25, 0.3) is 0 Å². The summed E-state index contributed by atoms with van der Waals surface area (Å²) in [6, 6.07) is 10.4. The molecule has 2 rings (SSSR count). The number of guanidine groups is 1. The number of carboxylic acid groups (broad SMARTS) is 1. The van der Waals surface area contributed by atoms with Gasteiger partial charge in [0.25, 0.3) is 0 Å². The van der Waals surface area contributed by atoms with Crippen LogP contribution < -0.4 is 17.2 Å². The summed E-state index contributed by atoms with van der Waals surface area (Å²) in [6.07, 6.45) is 0. The summed E-state index contributed by atoms with van der Waals surface area (Å²) >= 11 is 0. The number of carbonyl (C=O) groups is 3. The summed E-state index contributed by atoms with van der Waals surface area (Å²) in [5, 5.41) is 17.9. The largest absolute Gasteiger partial charge is 0.506 e. The van der Waals surface area contributed by atoms with E-state index in [0.29, 0.717) is 11.3 Å². The number of hydrogen-bond donors (Lipinski definition) is 5. The number of benzene rings is 2. The van der Waals surface area contributed by atoms with E-state index >= 15 is 0 Å². The zero-order valence-electron chi connectivity index (χ0n) is 13.8. The van der Waals surface area contributed by atoms with Gasteiger partial charge in [0.15, 0.2) is 11.7 Å². The van der Waals surface area contributed by atoms with Crippen molar-refractivity contribution in [3.63, 3.8) is 0 Å². The first kappa shape index (κ1) is 20.2. The van der Waals surface area contributed by atoms with Crippen molar-refractivity contribution in [3.05, 3.63) is 59.2 Å². The Morgan fingerprint density at radius 1 is 0.923 bits per heavy atom. The lowest BCUT2D eigenvalue weighted by molar-refractivity contribution is 0.0693. The lowest BCUT2D eigenvalue weighted by atomic mass is 10.1. The van der Waals surface area contributed by atoms with Gasteiger partial charge in [-0.25, -0.2) is 9.79 Å². The molecule has 0 aliphatic carbocycles. The second kappa shape index (κ2) is 8.83. The highest BCUT2D eigenvalue weighted by molar-refractivity contribution is 6.01. The van der Waals surface area contributed by atoms with Crippen LogP contribution in [0.1, 0.15) is 38.0 Å². The number of ketones is 1.